The van der Waals surface area contributed by atoms with Crippen molar-refractivity contribution in [3.8, 4) is 11.6 Å². The summed E-state index contributed by atoms with van der Waals surface area (Å²) in [4.78, 5) is 8.85. The standard InChI is InChI=1S/C21H26N6O/c1-5-6-11-28-19-9-7-18(8-10-19)14-22-25-20-13-21(24-17(4)23-20)27-16(3)12-15(2)26-27/h7-10,12-14H,5-6,11H2,1-4H3,(H,23,24,25)/b22-14+. The summed E-state index contributed by atoms with van der Waals surface area (Å²) in [5.41, 5.74) is 5.91. The lowest BCUT2D eigenvalue weighted by atomic mass is 10.2. The van der Waals surface area contributed by atoms with Gasteiger partial charge in [0.25, 0.3) is 0 Å². The van der Waals surface area contributed by atoms with E-state index in [9.17, 15) is 0 Å². The van der Waals surface area contributed by atoms with Gasteiger partial charge in [-0.2, -0.15) is 10.2 Å². The van der Waals surface area contributed by atoms with E-state index in [4.69, 9.17) is 4.74 Å². The van der Waals surface area contributed by atoms with Gasteiger partial charge in [0, 0.05) is 11.8 Å². The molecule has 0 saturated carbocycles. The highest BCUT2D eigenvalue weighted by Gasteiger charge is 2.08. The van der Waals surface area contributed by atoms with E-state index >= 15 is 0 Å². The van der Waals surface area contributed by atoms with Gasteiger partial charge in [-0.15, -0.1) is 0 Å². The zero-order valence-corrected chi connectivity index (χ0v) is 16.8. The second-order valence-electron chi connectivity index (χ2n) is 6.64. The third-order valence-corrected chi connectivity index (χ3v) is 4.09. The molecule has 3 aromatic rings. The first-order valence-corrected chi connectivity index (χ1v) is 9.46. The molecule has 0 spiro atoms. The first-order valence-electron chi connectivity index (χ1n) is 9.46. The highest BCUT2D eigenvalue weighted by molar-refractivity contribution is 5.80. The second-order valence-corrected chi connectivity index (χ2v) is 6.64. The predicted molar refractivity (Wildman–Crippen MR) is 111 cm³/mol. The van der Waals surface area contributed by atoms with Crippen LogP contribution in [-0.4, -0.2) is 32.6 Å². The smallest absolute Gasteiger partial charge is 0.159 e. The Morgan fingerprint density at radius 1 is 1.11 bits per heavy atom. The number of hydrogen-bond acceptors (Lipinski definition) is 6. The topological polar surface area (TPSA) is 77.2 Å². The number of aromatic nitrogens is 4. The first kappa shape index (κ1) is 19.5. The molecular weight excluding hydrogens is 352 g/mol. The van der Waals surface area contributed by atoms with Crippen molar-refractivity contribution in [1.82, 2.24) is 19.7 Å². The van der Waals surface area contributed by atoms with Crippen molar-refractivity contribution in [2.75, 3.05) is 12.0 Å². The van der Waals surface area contributed by atoms with E-state index in [1.54, 1.807) is 10.9 Å². The summed E-state index contributed by atoms with van der Waals surface area (Å²) in [6.07, 6.45) is 3.93. The lowest BCUT2D eigenvalue weighted by molar-refractivity contribution is 0.309. The van der Waals surface area contributed by atoms with Gasteiger partial charge in [0.2, 0.25) is 0 Å². The zero-order valence-electron chi connectivity index (χ0n) is 16.8. The van der Waals surface area contributed by atoms with Crippen LogP contribution in [0.15, 0.2) is 41.5 Å². The van der Waals surface area contributed by atoms with Gasteiger partial charge in [-0.1, -0.05) is 13.3 Å². The summed E-state index contributed by atoms with van der Waals surface area (Å²) in [5, 5.41) is 8.76. The van der Waals surface area contributed by atoms with Gasteiger partial charge in [-0.3, -0.25) is 5.43 Å². The molecule has 146 valence electrons. The third kappa shape index (κ3) is 5.16. The van der Waals surface area contributed by atoms with Gasteiger partial charge in [-0.25, -0.2) is 14.6 Å². The van der Waals surface area contributed by atoms with E-state index in [1.165, 1.54) is 0 Å². The lowest BCUT2D eigenvalue weighted by Gasteiger charge is -2.07. The molecule has 0 fully saturated rings. The molecule has 0 unspecified atom stereocenters. The van der Waals surface area contributed by atoms with Gasteiger partial charge in [0.15, 0.2) is 11.6 Å². The predicted octanol–water partition coefficient (Wildman–Crippen LogP) is 4.21. The number of nitrogens with zero attached hydrogens (tertiary/aromatic N) is 5. The molecule has 0 bridgehead atoms. The number of ether oxygens (including phenoxy) is 1. The maximum Gasteiger partial charge on any atom is 0.159 e. The van der Waals surface area contributed by atoms with Gasteiger partial charge in [0.05, 0.1) is 18.5 Å². The van der Waals surface area contributed by atoms with Crippen LogP contribution in [0.5, 0.6) is 5.75 Å². The number of anilines is 1. The summed E-state index contributed by atoms with van der Waals surface area (Å²) in [6, 6.07) is 11.7. The van der Waals surface area contributed by atoms with Crippen LogP contribution in [0.1, 0.15) is 42.5 Å². The number of unbranched alkanes of at least 4 members (excludes halogenated alkanes) is 1. The Balaban J connectivity index is 1.66. The van der Waals surface area contributed by atoms with Crippen LogP contribution in [0, 0.1) is 20.8 Å². The molecule has 3 rings (SSSR count). The molecule has 7 heteroatoms. The molecule has 0 saturated heterocycles. The molecule has 2 heterocycles. The molecule has 0 aliphatic heterocycles. The van der Waals surface area contributed by atoms with Gasteiger partial charge in [0.1, 0.15) is 11.6 Å². The number of aryl methyl sites for hydroxylation is 3. The minimum absolute atomic E-state index is 0.617. The molecule has 2 aromatic heterocycles. The minimum Gasteiger partial charge on any atom is -0.494 e. The summed E-state index contributed by atoms with van der Waals surface area (Å²) >= 11 is 0. The zero-order chi connectivity index (χ0) is 19.9. The van der Waals surface area contributed by atoms with Gasteiger partial charge < -0.3 is 4.74 Å². The van der Waals surface area contributed by atoms with Crippen LogP contribution in [0.2, 0.25) is 0 Å². The number of benzene rings is 1. The molecule has 0 radical (unpaired) electrons. The molecule has 7 nitrogen and oxygen atoms in total. The minimum atomic E-state index is 0.617. The Bertz CT molecular complexity index is 946. The Labute approximate surface area is 165 Å². The quantitative estimate of drug-likeness (QED) is 0.361. The largest absolute Gasteiger partial charge is 0.494 e. The fourth-order valence-electron chi connectivity index (χ4n) is 2.74. The maximum atomic E-state index is 5.67. The summed E-state index contributed by atoms with van der Waals surface area (Å²) in [5.74, 6) is 2.85. The Morgan fingerprint density at radius 2 is 1.89 bits per heavy atom. The number of rotatable bonds is 8. The van der Waals surface area contributed by atoms with Crippen LogP contribution in [0.25, 0.3) is 5.82 Å². The summed E-state index contributed by atoms with van der Waals surface area (Å²) < 4.78 is 7.47. The summed E-state index contributed by atoms with van der Waals surface area (Å²) in [7, 11) is 0. The molecule has 0 amide bonds. The van der Waals surface area contributed by atoms with Crippen molar-refractivity contribution < 1.29 is 4.74 Å². The van der Waals surface area contributed by atoms with Crippen molar-refractivity contribution in [3.05, 3.63) is 59.2 Å². The molecule has 0 atom stereocenters. The molecule has 1 aromatic carbocycles. The third-order valence-electron chi connectivity index (χ3n) is 4.09. The Hall–Kier alpha value is -3.22. The summed E-state index contributed by atoms with van der Waals surface area (Å²) in [6.45, 7) is 8.70. The van der Waals surface area contributed by atoms with Gasteiger partial charge in [-0.05, 0) is 63.1 Å². The van der Waals surface area contributed by atoms with E-state index in [-0.39, 0.29) is 0 Å². The monoisotopic (exact) mass is 378 g/mol. The average molecular weight is 378 g/mol. The van der Waals surface area contributed by atoms with E-state index in [1.807, 2.05) is 57.2 Å². The number of nitrogens with one attached hydrogen (secondary N) is 1. The fraction of sp³-hybridized carbons (Fsp3) is 0.333. The van der Waals surface area contributed by atoms with Crippen LogP contribution in [-0.2, 0) is 0 Å². The number of hydrogen-bond donors (Lipinski definition) is 1. The molecule has 28 heavy (non-hydrogen) atoms. The first-order chi connectivity index (χ1) is 13.5. The van der Waals surface area contributed by atoms with E-state index < -0.39 is 0 Å². The second kappa shape index (κ2) is 9.12. The van der Waals surface area contributed by atoms with E-state index in [2.05, 4.69) is 32.5 Å². The van der Waals surface area contributed by atoms with Crippen LogP contribution in [0.4, 0.5) is 5.82 Å². The van der Waals surface area contributed by atoms with Crippen LogP contribution >= 0.6 is 0 Å². The van der Waals surface area contributed by atoms with Crippen molar-refractivity contribution in [3.63, 3.8) is 0 Å². The number of hydrazone groups is 1. The Morgan fingerprint density at radius 3 is 2.57 bits per heavy atom. The highest BCUT2D eigenvalue weighted by Crippen LogP contribution is 2.14. The maximum absolute atomic E-state index is 5.67. The van der Waals surface area contributed by atoms with E-state index in [0.29, 0.717) is 17.5 Å². The molecule has 0 aliphatic carbocycles. The van der Waals surface area contributed by atoms with Crippen molar-refractivity contribution >= 4 is 12.0 Å². The highest BCUT2D eigenvalue weighted by atomic mass is 16.5. The molecule has 1 N–H and O–H groups in total. The molecule has 0 aliphatic rings. The fourth-order valence-corrected chi connectivity index (χ4v) is 2.74. The van der Waals surface area contributed by atoms with Crippen molar-refractivity contribution in [1.29, 1.82) is 0 Å². The van der Waals surface area contributed by atoms with Crippen LogP contribution in [0.3, 0.4) is 0 Å². The van der Waals surface area contributed by atoms with Crippen molar-refractivity contribution in [2.24, 2.45) is 5.10 Å². The average Bonchev–Trinajstić information content (AvgIpc) is 3.01. The van der Waals surface area contributed by atoms with Crippen LogP contribution < -0.4 is 10.2 Å². The lowest BCUT2D eigenvalue weighted by Crippen LogP contribution is -2.06. The SMILES string of the molecule is CCCCOc1ccc(/C=N/Nc2cc(-n3nc(C)cc3C)nc(C)n2)cc1. The van der Waals surface area contributed by atoms with E-state index in [0.717, 1.165) is 42.1 Å². The van der Waals surface area contributed by atoms with Crippen molar-refractivity contribution in [2.45, 2.75) is 40.5 Å². The van der Waals surface area contributed by atoms with Gasteiger partial charge >= 0.3 is 0 Å². The molecular formula is C21H26N6O. The normalized spacial score (nSPS) is 11.1. The Kier molecular flexibility index (Phi) is 6.37.